The minimum Gasteiger partial charge on any atom is -0.378 e. The Kier molecular flexibility index (Phi) is 6.68. The van der Waals surface area contributed by atoms with Crippen molar-refractivity contribution < 1.29 is 22.7 Å². The van der Waals surface area contributed by atoms with Gasteiger partial charge in [-0.3, -0.25) is 4.79 Å². The highest BCUT2D eigenvalue weighted by molar-refractivity contribution is 6.31. The average molecular weight is 475 g/mol. The number of nitrogens with zero attached hydrogens (tertiary/aromatic N) is 3. The maximum atomic E-state index is 13.2. The molecule has 0 spiro atoms. The number of fused-ring (bicyclic) bond motifs is 1. The molecule has 0 radical (unpaired) electrons. The van der Waals surface area contributed by atoms with Crippen LogP contribution in [-0.4, -0.2) is 46.7 Å². The summed E-state index contributed by atoms with van der Waals surface area (Å²) >= 11 is 5.69. The molecule has 1 amide bonds. The summed E-state index contributed by atoms with van der Waals surface area (Å²) in [5.74, 6) is 0.189. The van der Waals surface area contributed by atoms with Crippen LogP contribution in [0.15, 0.2) is 36.7 Å². The quantitative estimate of drug-likeness (QED) is 0.587. The Balaban J connectivity index is 0.00000272. The second-order valence-corrected chi connectivity index (χ2v) is 7.34. The van der Waals surface area contributed by atoms with Crippen molar-refractivity contribution in [2.75, 3.05) is 31.6 Å². The number of aromatic nitrogens is 2. The molecule has 1 aliphatic rings. The lowest BCUT2D eigenvalue weighted by Crippen LogP contribution is -2.40. The van der Waals surface area contributed by atoms with Gasteiger partial charge >= 0.3 is 6.18 Å². The van der Waals surface area contributed by atoms with E-state index in [0.717, 1.165) is 6.07 Å². The van der Waals surface area contributed by atoms with E-state index in [1.165, 1.54) is 18.3 Å². The number of amides is 1. The van der Waals surface area contributed by atoms with Crippen molar-refractivity contribution in [1.29, 1.82) is 0 Å². The fourth-order valence-electron chi connectivity index (χ4n) is 3.47. The highest BCUT2D eigenvalue weighted by Gasteiger charge is 2.33. The molecule has 2 aromatic heterocycles. The molecule has 1 fully saturated rings. The zero-order chi connectivity index (χ0) is 21.5. The first-order valence-electron chi connectivity index (χ1n) is 9.20. The number of carbonyl (C=O) groups is 1. The molecule has 166 valence electrons. The molecule has 11 heteroatoms. The van der Waals surface area contributed by atoms with Gasteiger partial charge in [0, 0.05) is 43.6 Å². The number of anilines is 2. The van der Waals surface area contributed by atoms with Gasteiger partial charge in [-0.25, -0.2) is 4.98 Å². The monoisotopic (exact) mass is 474 g/mol. The van der Waals surface area contributed by atoms with Crippen molar-refractivity contribution in [3.05, 3.63) is 52.8 Å². The fourth-order valence-corrected chi connectivity index (χ4v) is 3.69. The minimum atomic E-state index is -4.57. The van der Waals surface area contributed by atoms with Crippen molar-refractivity contribution >= 4 is 52.3 Å². The number of aryl methyl sites for hydroxylation is 1. The van der Waals surface area contributed by atoms with E-state index in [1.54, 1.807) is 28.8 Å². The summed E-state index contributed by atoms with van der Waals surface area (Å²) in [5.41, 5.74) is 0.334. The first-order valence-corrected chi connectivity index (χ1v) is 9.58. The molecule has 31 heavy (non-hydrogen) atoms. The smallest absolute Gasteiger partial charge is 0.378 e. The number of benzene rings is 1. The number of ether oxygens (including phenoxy) is 1. The highest BCUT2D eigenvalue weighted by Crippen LogP contribution is 2.37. The van der Waals surface area contributed by atoms with Crippen LogP contribution in [0.2, 0.25) is 5.02 Å². The van der Waals surface area contributed by atoms with Crippen LogP contribution < -0.4 is 5.32 Å². The first-order chi connectivity index (χ1) is 14.3. The van der Waals surface area contributed by atoms with Crippen molar-refractivity contribution in [2.45, 2.75) is 6.18 Å². The van der Waals surface area contributed by atoms with Gasteiger partial charge < -0.3 is 19.5 Å². The highest BCUT2D eigenvalue weighted by atomic mass is 35.5. The molecule has 0 atom stereocenters. The van der Waals surface area contributed by atoms with E-state index < -0.39 is 11.7 Å². The summed E-state index contributed by atoms with van der Waals surface area (Å²) < 4.78 is 46.6. The number of alkyl halides is 3. The normalized spacial score (nSPS) is 14.4. The van der Waals surface area contributed by atoms with Crippen LogP contribution in [0, 0.1) is 0 Å². The van der Waals surface area contributed by atoms with E-state index in [1.807, 2.05) is 0 Å². The van der Waals surface area contributed by atoms with Gasteiger partial charge in [-0.15, -0.1) is 12.4 Å². The molecule has 3 aromatic rings. The fraction of sp³-hybridized carbons (Fsp3) is 0.300. The van der Waals surface area contributed by atoms with Crippen LogP contribution in [0.3, 0.4) is 0 Å². The molecule has 0 saturated carbocycles. The molecule has 1 saturated heterocycles. The number of morpholine rings is 1. The lowest BCUT2D eigenvalue weighted by atomic mass is 10.1. The van der Waals surface area contributed by atoms with E-state index in [9.17, 15) is 18.0 Å². The number of hydrogen-bond acceptors (Lipinski definition) is 4. The third-order valence-corrected chi connectivity index (χ3v) is 5.30. The minimum absolute atomic E-state index is 0. The maximum absolute atomic E-state index is 13.2. The predicted molar refractivity (Wildman–Crippen MR) is 114 cm³/mol. The summed E-state index contributed by atoms with van der Waals surface area (Å²) in [6.07, 6.45) is -1.35. The summed E-state index contributed by atoms with van der Waals surface area (Å²) in [6.45, 7) is 1.95. The van der Waals surface area contributed by atoms with Gasteiger partial charge in [-0.1, -0.05) is 11.6 Å². The topological polar surface area (TPSA) is 59.4 Å². The van der Waals surface area contributed by atoms with Crippen LogP contribution >= 0.6 is 24.0 Å². The lowest BCUT2D eigenvalue weighted by Gasteiger charge is -2.27. The van der Waals surface area contributed by atoms with Gasteiger partial charge in [0.1, 0.15) is 5.82 Å². The summed E-state index contributed by atoms with van der Waals surface area (Å²) in [4.78, 5) is 19.0. The van der Waals surface area contributed by atoms with E-state index >= 15 is 0 Å². The summed E-state index contributed by atoms with van der Waals surface area (Å²) in [7, 11) is 1.80. The Morgan fingerprint density at radius 3 is 2.61 bits per heavy atom. The van der Waals surface area contributed by atoms with Gasteiger partial charge in [-0.2, -0.15) is 13.2 Å². The van der Waals surface area contributed by atoms with E-state index in [2.05, 4.69) is 10.3 Å². The van der Waals surface area contributed by atoms with Gasteiger partial charge in [0.25, 0.3) is 5.91 Å². The SMILES string of the molecule is Cl.Cn1ccc2c(Nc3ccc(Cl)c(C(F)(F)F)c3)ncc(C(=O)N3CCOCC3)c21. The summed E-state index contributed by atoms with van der Waals surface area (Å²) in [6, 6.07) is 5.33. The second-order valence-electron chi connectivity index (χ2n) is 6.93. The third kappa shape index (κ3) is 4.58. The number of halogens is 5. The molecule has 4 rings (SSSR count). The number of hydrogen-bond donors (Lipinski definition) is 1. The Hall–Kier alpha value is -2.49. The molecule has 0 bridgehead atoms. The molecule has 6 nitrogen and oxygen atoms in total. The molecule has 0 unspecified atom stereocenters. The van der Waals surface area contributed by atoms with Gasteiger partial charge in [0.15, 0.2) is 0 Å². The van der Waals surface area contributed by atoms with Crippen LogP contribution in [0.25, 0.3) is 10.9 Å². The molecule has 0 aliphatic carbocycles. The molecule has 1 aliphatic heterocycles. The van der Waals surface area contributed by atoms with Gasteiger partial charge in [0.2, 0.25) is 0 Å². The Morgan fingerprint density at radius 2 is 1.94 bits per heavy atom. The number of nitrogens with one attached hydrogen (secondary N) is 1. The largest absolute Gasteiger partial charge is 0.417 e. The van der Waals surface area contributed by atoms with E-state index in [-0.39, 0.29) is 29.0 Å². The van der Waals surface area contributed by atoms with Crippen LogP contribution in [0.1, 0.15) is 15.9 Å². The molecular weight excluding hydrogens is 456 g/mol. The lowest BCUT2D eigenvalue weighted by molar-refractivity contribution is -0.137. The predicted octanol–water partition coefficient (Wildman–Crippen LogP) is 4.88. The molecule has 3 heterocycles. The second kappa shape index (κ2) is 8.94. The van der Waals surface area contributed by atoms with Crippen molar-refractivity contribution in [3.63, 3.8) is 0 Å². The van der Waals surface area contributed by atoms with Crippen molar-refractivity contribution in [2.24, 2.45) is 7.05 Å². The van der Waals surface area contributed by atoms with Crippen LogP contribution in [0.4, 0.5) is 24.7 Å². The Labute approximate surface area is 187 Å². The summed E-state index contributed by atoms with van der Waals surface area (Å²) in [5, 5.41) is 3.17. The van der Waals surface area contributed by atoms with Crippen LogP contribution in [0.5, 0.6) is 0 Å². The zero-order valence-electron chi connectivity index (χ0n) is 16.4. The van der Waals surface area contributed by atoms with Crippen LogP contribution in [-0.2, 0) is 18.0 Å². The van der Waals surface area contributed by atoms with Gasteiger partial charge in [0.05, 0.1) is 34.9 Å². The average Bonchev–Trinajstić information content (AvgIpc) is 3.11. The Bertz CT molecular complexity index is 1110. The van der Waals surface area contributed by atoms with Crippen molar-refractivity contribution in [3.8, 4) is 0 Å². The molecule has 1 N–H and O–H groups in total. The molecule has 1 aromatic carbocycles. The van der Waals surface area contributed by atoms with E-state index in [4.69, 9.17) is 16.3 Å². The van der Waals surface area contributed by atoms with Crippen molar-refractivity contribution in [1.82, 2.24) is 14.5 Å². The number of carbonyl (C=O) groups excluding carboxylic acids is 1. The van der Waals surface area contributed by atoms with E-state index in [0.29, 0.717) is 48.6 Å². The number of pyridine rings is 1. The maximum Gasteiger partial charge on any atom is 0.417 e. The number of rotatable bonds is 3. The third-order valence-electron chi connectivity index (χ3n) is 4.97. The Morgan fingerprint density at radius 1 is 1.23 bits per heavy atom. The zero-order valence-corrected chi connectivity index (χ0v) is 17.9. The first kappa shape index (κ1) is 23.2. The standard InChI is InChI=1S/C20H18ClF3N4O2.ClH/c1-27-5-4-13-17(27)14(19(29)28-6-8-30-9-7-28)11-25-18(13)26-12-2-3-16(21)15(10-12)20(22,23)24;/h2-5,10-11H,6-9H2,1H3,(H,25,26);1H. The van der Waals surface area contributed by atoms with Gasteiger partial charge in [-0.05, 0) is 24.3 Å². The molecular formula is C20H19Cl2F3N4O2.